The normalized spacial score (nSPS) is 18.9. The number of hydrogen-bond acceptors (Lipinski definition) is 3. The Hall–Kier alpha value is -1.22. The van der Waals surface area contributed by atoms with Gasteiger partial charge in [-0.15, -0.1) is 0 Å². The molecule has 1 aliphatic rings. The van der Waals surface area contributed by atoms with Gasteiger partial charge in [0, 0.05) is 17.6 Å². The van der Waals surface area contributed by atoms with Crippen molar-refractivity contribution in [2.45, 2.75) is 33.2 Å². The van der Waals surface area contributed by atoms with E-state index in [0.717, 1.165) is 30.5 Å². The highest BCUT2D eigenvalue weighted by atomic mass is 35.5. The predicted octanol–water partition coefficient (Wildman–Crippen LogP) is 2.85. The summed E-state index contributed by atoms with van der Waals surface area (Å²) in [6, 6.07) is 8.52. The van der Waals surface area contributed by atoms with Gasteiger partial charge in [-0.05, 0) is 36.5 Å². The van der Waals surface area contributed by atoms with Crippen LogP contribution in [0.25, 0.3) is 0 Å². The molecule has 2 N–H and O–H groups in total. The average Bonchev–Trinajstić information content (AvgIpc) is 2.72. The van der Waals surface area contributed by atoms with E-state index in [0.29, 0.717) is 6.04 Å². The van der Waals surface area contributed by atoms with Crippen molar-refractivity contribution >= 4 is 17.6 Å². The van der Waals surface area contributed by atoms with Crippen LogP contribution in [0.1, 0.15) is 26.3 Å². The summed E-state index contributed by atoms with van der Waals surface area (Å²) in [5.41, 5.74) is 1.43. The first-order chi connectivity index (χ1) is 8.94. The number of benzene rings is 1. The Morgan fingerprint density at radius 3 is 2.89 bits per heavy atom. The van der Waals surface area contributed by atoms with Gasteiger partial charge < -0.3 is 10.6 Å². The Morgan fingerprint density at radius 1 is 1.47 bits per heavy atom. The first kappa shape index (κ1) is 14.2. The second kappa shape index (κ2) is 5.83. The van der Waals surface area contributed by atoms with Crippen LogP contribution in [0.4, 0.5) is 0 Å². The van der Waals surface area contributed by atoms with E-state index in [1.165, 1.54) is 5.56 Å². The Kier molecular flexibility index (Phi) is 4.35. The molecule has 1 unspecified atom stereocenters. The number of guanidine groups is 1. The van der Waals surface area contributed by atoms with Gasteiger partial charge in [0.15, 0.2) is 5.96 Å². The molecule has 0 bridgehead atoms. The summed E-state index contributed by atoms with van der Waals surface area (Å²) < 4.78 is 0. The third-order valence-corrected chi connectivity index (χ3v) is 3.45. The quantitative estimate of drug-likeness (QED) is 0.889. The van der Waals surface area contributed by atoms with Crippen molar-refractivity contribution in [3.63, 3.8) is 0 Å². The van der Waals surface area contributed by atoms with Crippen LogP contribution in [-0.4, -0.2) is 25.1 Å². The van der Waals surface area contributed by atoms with Crippen molar-refractivity contribution in [3.8, 4) is 0 Å². The summed E-state index contributed by atoms with van der Waals surface area (Å²) in [6.45, 7) is 8.38. The second-order valence-corrected chi connectivity index (χ2v) is 6.50. The highest BCUT2D eigenvalue weighted by Gasteiger charge is 2.20. The predicted molar refractivity (Wildman–Crippen MR) is 81.8 cm³/mol. The van der Waals surface area contributed by atoms with E-state index >= 15 is 0 Å². The van der Waals surface area contributed by atoms with Gasteiger partial charge in [-0.25, -0.2) is 0 Å². The van der Waals surface area contributed by atoms with E-state index in [2.05, 4.69) is 42.5 Å². The molecule has 4 heteroatoms. The van der Waals surface area contributed by atoms with E-state index in [4.69, 9.17) is 11.6 Å². The van der Waals surface area contributed by atoms with E-state index in [9.17, 15) is 0 Å². The number of nitrogens with zero attached hydrogens (tertiary/aromatic N) is 1. The van der Waals surface area contributed by atoms with Gasteiger partial charge in [0.2, 0.25) is 0 Å². The molecule has 0 amide bonds. The third-order valence-electron chi connectivity index (χ3n) is 3.21. The van der Waals surface area contributed by atoms with Crippen LogP contribution >= 0.6 is 11.6 Å². The fraction of sp³-hybridized carbons (Fsp3) is 0.533. The monoisotopic (exact) mass is 279 g/mol. The molecule has 0 fully saturated rings. The number of nitrogens with one attached hydrogen (secondary N) is 2. The van der Waals surface area contributed by atoms with Gasteiger partial charge in [-0.1, -0.05) is 37.6 Å². The lowest BCUT2D eigenvalue weighted by atomic mass is 9.86. The SMILES string of the molecule is CC1CN=C(NCC(C)(C)Cc2cccc(Cl)c2)N1. The van der Waals surface area contributed by atoms with Crippen LogP contribution < -0.4 is 10.6 Å². The molecule has 19 heavy (non-hydrogen) atoms. The maximum atomic E-state index is 6.03. The molecular weight excluding hydrogens is 258 g/mol. The largest absolute Gasteiger partial charge is 0.356 e. The first-order valence-electron chi connectivity index (χ1n) is 6.74. The molecule has 1 aliphatic heterocycles. The van der Waals surface area contributed by atoms with Gasteiger partial charge in [0.25, 0.3) is 0 Å². The van der Waals surface area contributed by atoms with E-state index in [1.54, 1.807) is 0 Å². The van der Waals surface area contributed by atoms with E-state index < -0.39 is 0 Å². The molecule has 0 radical (unpaired) electrons. The molecule has 2 rings (SSSR count). The minimum Gasteiger partial charge on any atom is -0.356 e. The van der Waals surface area contributed by atoms with Gasteiger partial charge in [-0.3, -0.25) is 4.99 Å². The lowest BCUT2D eigenvalue weighted by Crippen LogP contribution is -2.42. The number of rotatable bonds is 4. The minimum absolute atomic E-state index is 0.153. The zero-order chi connectivity index (χ0) is 13.9. The highest BCUT2D eigenvalue weighted by molar-refractivity contribution is 6.30. The van der Waals surface area contributed by atoms with Crippen molar-refractivity contribution in [2.24, 2.45) is 10.4 Å². The smallest absolute Gasteiger partial charge is 0.191 e. The summed E-state index contributed by atoms with van der Waals surface area (Å²) in [5.74, 6) is 0.923. The zero-order valence-corrected chi connectivity index (χ0v) is 12.6. The Labute approximate surface area is 120 Å². The first-order valence-corrected chi connectivity index (χ1v) is 7.12. The molecule has 1 atom stereocenters. The molecule has 3 nitrogen and oxygen atoms in total. The van der Waals surface area contributed by atoms with Crippen molar-refractivity contribution in [1.29, 1.82) is 0 Å². The second-order valence-electron chi connectivity index (χ2n) is 6.06. The Morgan fingerprint density at radius 2 is 2.26 bits per heavy atom. The fourth-order valence-electron chi connectivity index (χ4n) is 2.24. The molecule has 0 saturated carbocycles. The van der Waals surface area contributed by atoms with Crippen LogP contribution in [0.2, 0.25) is 5.02 Å². The standard InChI is InChI=1S/C15H22ClN3/c1-11-9-17-14(19-11)18-10-15(2,3)8-12-5-4-6-13(16)7-12/h4-7,11H,8-10H2,1-3H3,(H2,17,18,19). The van der Waals surface area contributed by atoms with Crippen LogP contribution in [0.3, 0.4) is 0 Å². The van der Waals surface area contributed by atoms with E-state index in [-0.39, 0.29) is 5.41 Å². The minimum atomic E-state index is 0.153. The maximum Gasteiger partial charge on any atom is 0.191 e. The van der Waals surface area contributed by atoms with Crippen LogP contribution in [-0.2, 0) is 6.42 Å². The highest BCUT2D eigenvalue weighted by Crippen LogP contribution is 2.22. The Bertz CT molecular complexity index is 468. The lowest BCUT2D eigenvalue weighted by molar-refractivity contribution is 0.359. The zero-order valence-electron chi connectivity index (χ0n) is 11.8. The molecule has 0 saturated heterocycles. The van der Waals surface area contributed by atoms with E-state index in [1.807, 2.05) is 18.2 Å². The molecular formula is C15H22ClN3. The molecule has 0 aromatic heterocycles. The van der Waals surface area contributed by atoms with Gasteiger partial charge in [0.05, 0.1) is 6.54 Å². The van der Waals surface area contributed by atoms with Crippen molar-refractivity contribution < 1.29 is 0 Å². The van der Waals surface area contributed by atoms with Gasteiger partial charge >= 0.3 is 0 Å². The summed E-state index contributed by atoms with van der Waals surface area (Å²) >= 11 is 6.03. The number of aliphatic imine (C=N–C) groups is 1. The molecule has 1 aromatic rings. The summed E-state index contributed by atoms with van der Waals surface area (Å²) in [4.78, 5) is 4.41. The van der Waals surface area contributed by atoms with Crippen LogP contribution in [0, 0.1) is 5.41 Å². The third kappa shape index (κ3) is 4.43. The molecule has 1 aromatic carbocycles. The fourth-order valence-corrected chi connectivity index (χ4v) is 2.46. The van der Waals surface area contributed by atoms with Gasteiger partial charge in [-0.2, -0.15) is 0 Å². The summed E-state index contributed by atoms with van der Waals surface area (Å²) in [7, 11) is 0. The molecule has 0 spiro atoms. The van der Waals surface area contributed by atoms with Crippen LogP contribution in [0.5, 0.6) is 0 Å². The van der Waals surface area contributed by atoms with Crippen molar-refractivity contribution in [2.75, 3.05) is 13.1 Å². The van der Waals surface area contributed by atoms with Crippen molar-refractivity contribution in [3.05, 3.63) is 34.9 Å². The topological polar surface area (TPSA) is 36.4 Å². The maximum absolute atomic E-state index is 6.03. The summed E-state index contributed by atoms with van der Waals surface area (Å²) in [5, 5.41) is 7.51. The van der Waals surface area contributed by atoms with Crippen LogP contribution in [0.15, 0.2) is 29.3 Å². The molecule has 1 heterocycles. The number of hydrogen-bond donors (Lipinski definition) is 2. The molecule has 0 aliphatic carbocycles. The summed E-state index contributed by atoms with van der Waals surface area (Å²) in [6.07, 6.45) is 0.989. The van der Waals surface area contributed by atoms with Crippen molar-refractivity contribution in [1.82, 2.24) is 10.6 Å². The van der Waals surface area contributed by atoms with Gasteiger partial charge in [0.1, 0.15) is 0 Å². The Balaban J connectivity index is 1.88. The lowest BCUT2D eigenvalue weighted by Gasteiger charge is -2.26. The molecule has 104 valence electrons. The number of halogens is 1. The average molecular weight is 280 g/mol.